The summed E-state index contributed by atoms with van der Waals surface area (Å²) in [5.41, 5.74) is 0.0250. The summed E-state index contributed by atoms with van der Waals surface area (Å²) in [5, 5.41) is 16.5. The van der Waals surface area contributed by atoms with Crippen LogP contribution in [0, 0.1) is 17.6 Å². The van der Waals surface area contributed by atoms with Gasteiger partial charge in [0.15, 0.2) is 5.96 Å². The van der Waals surface area contributed by atoms with E-state index in [4.69, 9.17) is 4.74 Å². The van der Waals surface area contributed by atoms with Crippen LogP contribution in [0.3, 0.4) is 0 Å². The summed E-state index contributed by atoms with van der Waals surface area (Å²) >= 11 is 0. The zero-order chi connectivity index (χ0) is 19.9. The van der Waals surface area contributed by atoms with E-state index in [1.165, 1.54) is 31.0 Å². The van der Waals surface area contributed by atoms with Crippen molar-refractivity contribution in [2.45, 2.75) is 38.3 Å². The van der Waals surface area contributed by atoms with Gasteiger partial charge in [-0.25, -0.2) is 8.78 Å². The average Bonchev–Trinajstić information content (AvgIpc) is 3.37. The number of para-hydroxylation sites is 1. The molecular formula is C20H30F2N4O2. The number of aliphatic hydroxyl groups is 1. The highest BCUT2D eigenvalue weighted by Gasteiger charge is 2.27. The molecule has 3 rings (SSSR count). The van der Waals surface area contributed by atoms with Crippen LogP contribution in [0.4, 0.5) is 14.5 Å². The molecule has 1 aliphatic heterocycles. The van der Waals surface area contributed by atoms with Crippen molar-refractivity contribution < 1.29 is 18.6 Å². The predicted molar refractivity (Wildman–Crippen MR) is 106 cm³/mol. The summed E-state index contributed by atoms with van der Waals surface area (Å²) in [6, 6.07) is 3.93. The third-order valence-corrected chi connectivity index (χ3v) is 4.95. The molecule has 8 heteroatoms. The number of hydrogen-bond donors (Lipinski definition) is 3. The van der Waals surface area contributed by atoms with Gasteiger partial charge in [-0.1, -0.05) is 6.07 Å². The fraction of sp³-hybridized carbons (Fsp3) is 0.650. The molecule has 2 atom stereocenters. The molecule has 156 valence electrons. The van der Waals surface area contributed by atoms with Crippen molar-refractivity contribution >= 4 is 11.6 Å². The SMILES string of the molecule is CCNC(=NCC(O)COCC1CC1)NC1CCN(c2c(F)cccc2F)C1. The van der Waals surface area contributed by atoms with Crippen LogP contribution in [0.5, 0.6) is 0 Å². The van der Waals surface area contributed by atoms with E-state index in [1.807, 2.05) is 6.92 Å². The van der Waals surface area contributed by atoms with Gasteiger partial charge in [0.2, 0.25) is 0 Å². The largest absolute Gasteiger partial charge is 0.389 e. The van der Waals surface area contributed by atoms with Crippen LogP contribution in [0.2, 0.25) is 0 Å². The highest BCUT2D eigenvalue weighted by molar-refractivity contribution is 5.80. The van der Waals surface area contributed by atoms with Crippen LogP contribution < -0.4 is 15.5 Å². The second-order valence-corrected chi connectivity index (χ2v) is 7.50. The minimum atomic E-state index is -0.651. The Bertz CT molecular complexity index is 649. The smallest absolute Gasteiger partial charge is 0.191 e. The van der Waals surface area contributed by atoms with E-state index >= 15 is 0 Å². The van der Waals surface area contributed by atoms with Gasteiger partial charge in [-0.15, -0.1) is 0 Å². The Morgan fingerprint density at radius 2 is 2.07 bits per heavy atom. The molecule has 0 radical (unpaired) electrons. The molecule has 1 aromatic rings. The highest BCUT2D eigenvalue weighted by Crippen LogP contribution is 2.29. The molecule has 1 saturated heterocycles. The molecule has 2 unspecified atom stereocenters. The number of hydrogen-bond acceptors (Lipinski definition) is 4. The Morgan fingerprint density at radius 3 is 2.75 bits per heavy atom. The van der Waals surface area contributed by atoms with Crippen molar-refractivity contribution in [2.24, 2.45) is 10.9 Å². The molecule has 0 spiro atoms. The second kappa shape index (κ2) is 10.0. The Balaban J connectivity index is 1.49. The summed E-state index contributed by atoms with van der Waals surface area (Å²) in [7, 11) is 0. The van der Waals surface area contributed by atoms with Crippen molar-refractivity contribution in [3.8, 4) is 0 Å². The Labute approximate surface area is 165 Å². The molecule has 28 heavy (non-hydrogen) atoms. The molecule has 2 aliphatic rings. The zero-order valence-corrected chi connectivity index (χ0v) is 16.3. The normalized spacial score (nSPS) is 21.1. The van der Waals surface area contributed by atoms with Crippen molar-refractivity contribution in [2.75, 3.05) is 44.3 Å². The van der Waals surface area contributed by atoms with E-state index in [2.05, 4.69) is 15.6 Å². The zero-order valence-electron chi connectivity index (χ0n) is 16.3. The standard InChI is InChI=1S/C20H30F2N4O2/c1-2-23-20(24-10-16(27)13-28-12-14-6-7-14)25-15-8-9-26(11-15)19-17(21)4-3-5-18(19)22/h3-5,14-16,27H,2,6-13H2,1H3,(H2,23,24,25). The predicted octanol–water partition coefficient (Wildman–Crippen LogP) is 1.89. The summed E-state index contributed by atoms with van der Waals surface area (Å²) < 4.78 is 33.5. The fourth-order valence-corrected chi connectivity index (χ4v) is 3.29. The van der Waals surface area contributed by atoms with E-state index < -0.39 is 17.7 Å². The average molecular weight is 396 g/mol. The fourth-order valence-electron chi connectivity index (χ4n) is 3.29. The maximum Gasteiger partial charge on any atom is 0.191 e. The minimum Gasteiger partial charge on any atom is -0.389 e. The lowest BCUT2D eigenvalue weighted by molar-refractivity contribution is 0.0368. The number of halogens is 2. The van der Waals surface area contributed by atoms with Crippen molar-refractivity contribution in [1.82, 2.24) is 10.6 Å². The van der Waals surface area contributed by atoms with Crippen LogP contribution in [0.15, 0.2) is 23.2 Å². The van der Waals surface area contributed by atoms with E-state index in [1.54, 1.807) is 4.90 Å². The van der Waals surface area contributed by atoms with E-state index in [-0.39, 0.29) is 24.9 Å². The Kier molecular flexibility index (Phi) is 7.44. The molecule has 1 aromatic carbocycles. The van der Waals surface area contributed by atoms with Gasteiger partial charge in [0.05, 0.1) is 19.3 Å². The van der Waals surface area contributed by atoms with Gasteiger partial charge in [-0.05, 0) is 44.2 Å². The number of nitrogens with one attached hydrogen (secondary N) is 2. The van der Waals surface area contributed by atoms with Crippen LogP contribution in [0.25, 0.3) is 0 Å². The molecule has 1 heterocycles. The van der Waals surface area contributed by atoms with Crippen LogP contribution >= 0.6 is 0 Å². The summed E-state index contributed by atoms with van der Waals surface area (Å²) in [4.78, 5) is 6.14. The quantitative estimate of drug-likeness (QED) is 0.439. The third kappa shape index (κ3) is 6.04. The maximum atomic E-state index is 14.0. The van der Waals surface area contributed by atoms with Gasteiger partial charge < -0.3 is 25.4 Å². The number of benzene rings is 1. The van der Waals surface area contributed by atoms with Crippen molar-refractivity contribution in [3.63, 3.8) is 0 Å². The Morgan fingerprint density at radius 1 is 1.32 bits per heavy atom. The van der Waals surface area contributed by atoms with E-state index in [9.17, 15) is 13.9 Å². The Hall–Kier alpha value is -1.93. The van der Waals surface area contributed by atoms with Gasteiger partial charge in [-0.3, -0.25) is 4.99 Å². The first-order valence-corrected chi connectivity index (χ1v) is 10.1. The molecule has 3 N–H and O–H groups in total. The van der Waals surface area contributed by atoms with Crippen molar-refractivity contribution in [3.05, 3.63) is 29.8 Å². The van der Waals surface area contributed by atoms with Crippen LogP contribution in [-0.4, -0.2) is 62.6 Å². The molecule has 1 saturated carbocycles. The molecular weight excluding hydrogens is 366 g/mol. The first kappa shape index (κ1) is 20.8. The van der Waals surface area contributed by atoms with Crippen molar-refractivity contribution in [1.29, 1.82) is 0 Å². The summed E-state index contributed by atoms with van der Waals surface area (Å²) in [6.45, 7) is 4.91. The number of aliphatic hydroxyl groups excluding tert-OH is 1. The van der Waals surface area contributed by atoms with Gasteiger partial charge in [0, 0.05) is 32.3 Å². The molecule has 1 aliphatic carbocycles. The van der Waals surface area contributed by atoms with Gasteiger partial charge in [-0.2, -0.15) is 0 Å². The topological polar surface area (TPSA) is 69.1 Å². The minimum absolute atomic E-state index is 0.0139. The number of aliphatic imine (C=N–C) groups is 1. The lowest BCUT2D eigenvalue weighted by Gasteiger charge is -2.21. The number of guanidine groups is 1. The molecule has 2 fully saturated rings. The monoisotopic (exact) mass is 396 g/mol. The van der Waals surface area contributed by atoms with Gasteiger partial charge in [0.1, 0.15) is 17.3 Å². The molecule has 0 aromatic heterocycles. The van der Waals surface area contributed by atoms with Gasteiger partial charge in [0.25, 0.3) is 0 Å². The molecule has 0 amide bonds. The first-order valence-electron chi connectivity index (χ1n) is 10.1. The number of rotatable bonds is 9. The third-order valence-electron chi connectivity index (χ3n) is 4.95. The van der Waals surface area contributed by atoms with Gasteiger partial charge >= 0.3 is 0 Å². The number of anilines is 1. The van der Waals surface area contributed by atoms with E-state index in [0.29, 0.717) is 38.1 Å². The second-order valence-electron chi connectivity index (χ2n) is 7.50. The summed E-state index contributed by atoms with van der Waals surface area (Å²) in [6.07, 6.45) is 2.53. The van der Waals surface area contributed by atoms with Crippen LogP contribution in [-0.2, 0) is 4.74 Å². The molecule has 6 nitrogen and oxygen atoms in total. The summed E-state index contributed by atoms with van der Waals surface area (Å²) in [5.74, 6) is 0.162. The first-order chi connectivity index (χ1) is 13.6. The maximum absolute atomic E-state index is 14.0. The van der Waals surface area contributed by atoms with E-state index in [0.717, 1.165) is 6.42 Å². The lowest BCUT2D eigenvalue weighted by Crippen LogP contribution is -2.45. The highest BCUT2D eigenvalue weighted by atomic mass is 19.1. The number of nitrogens with zero attached hydrogens (tertiary/aromatic N) is 2. The molecule has 0 bridgehead atoms. The lowest BCUT2D eigenvalue weighted by atomic mass is 10.2. The van der Waals surface area contributed by atoms with Crippen LogP contribution in [0.1, 0.15) is 26.2 Å². The number of ether oxygens (including phenoxy) is 1.